The highest BCUT2D eigenvalue weighted by molar-refractivity contribution is 6.08. The Bertz CT molecular complexity index is 1060. The van der Waals surface area contributed by atoms with Gasteiger partial charge in [0, 0.05) is 26.7 Å². The molecule has 1 heterocycles. The maximum Gasteiger partial charge on any atom is 0.254 e. The van der Waals surface area contributed by atoms with Crippen LogP contribution in [0.2, 0.25) is 0 Å². The van der Waals surface area contributed by atoms with Gasteiger partial charge < -0.3 is 15.1 Å². The molecule has 168 valence electrons. The molecule has 0 radical (unpaired) electrons. The lowest BCUT2D eigenvalue weighted by Gasteiger charge is -2.39. The van der Waals surface area contributed by atoms with Crippen LogP contribution in [-0.4, -0.2) is 53.7 Å². The molecule has 33 heavy (non-hydrogen) atoms. The van der Waals surface area contributed by atoms with Crippen molar-refractivity contribution >= 4 is 17.7 Å². The number of nitrogens with one attached hydrogen (secondary N) is 1. The summed E-state index contributed by atoms with van der Waals surface area (Å²) in [6.07, 6.45) is 0. The van der Waals surface area contributed by atoms with Crippen molar-refractivity contribution in [1.29, 1.82) is 0 Å². The van der Waals surface area contributed by atoms with Crippen LogP contribution in [0.4, 0.5) is 0 Å². The first-order valence-electron chi connectivity index (χ1n) is 11.0. The zero-order valence-corrected chi connectivity index (χ0v) is 18.6. The molecular formula is C27H27N3O3. The number of carbonyl (C=O) groups excluding carboxylic acids is 3. The molecule has 1 N–H and O–H groups in total. The molecule has 0 saturated carbocycles. The third kappa shape index (κ3) is 4.95. The standard InChI is InChI=1S/C27H27N3O3/c1-29-17-18-30(24(27(29)33)25(31)28-19-20-11-5-2-6-12-20)26(32)23(21-13-7-3-8-14-21)22-15-9-4-10-16-22/h2-16,23-24H,17-19H2,1H3,(H,28,31). The van der Waals surface area contributed by atoms with Gasteiger partial charge in [-0.25, -0.2) is 0 Å². The summed E-state index contributed by atoms with van der Waals surface area (Å²) >= 11 is 0. The minimum absolute atomic E-state index is 0.256. The maximum absolute atomic E-state index is 13.9. The van der Waals surface area contributed by atoms with Gasteiger partial charge in [-0.3, -0.25) is 14.4 Å². The van der Waals surface area contributed by atoms with Crippen LogP contribution < -0.4 is 5.32 Å². The Morgan fingerprint density at radius 3 is 1.91 bits per heavy atom. The number of carbonyl (C=O) groups is 3. The van der Waals surface area contributed by atoms with Gasteiger partial charge >= 0.3 is 0 Å². The number of benzene rings is 3. The van der Waals surface area contributed by atoms with Gasteiger partial charge in [0.15, 0.2) is 6.04 Å². The van der Waals surface area contributed by atoms with Crippen molar-refractivity contribution in [1.82, 2.24) is 15.1 Å². The first-order chi connectivity index (χ1) is 16.1. The molecule has 4 rings (SSSR count). The Balaban J connectivity index is 1.63. The number of nitrogens with zero attached hydrogens (tertiary/aromatic N) is 2. The quantitative estimate of drug-likeness (QED) is 0.598. The Morgan fingerprint density at radius 1 is 0.848 bits per heavy atom. The number of rotatable bonds is 6. The molecule has 6 nitrogen and oxygen atoms in total. The minimum Gasteiger partial charge on any atom is -0.350 e. The lowest BCUT2D eigenvalue weighted by atomic mass is 9.89. The third-order valence-electron chi connectivity index (χ3n) is 5.95. The van der Waals surface area contributed by atoms with Gasteiger partial charge in [-0.1, -0.05) is 91.0 Å². The van der Waals surface area contributed by atoms with Crippen LogP contribution in [0.5, 0.6) is 0 Å². The predicted octanol–water partition coefficient (Wildman–Crippen LogP) is 2.80. The first-order valence-corrected chi connectivity index (χ1v) is 11.0. The van der Waals surface area contributed by atoms with Gasteiger partial charge in [-0.2, -0.15) is 0 Å². The Labute approximate surface area is 193 Å². The second kappa shape index (κ2) is 10.1. The van der Waals surface area contributed by atoms with Gasteiger partial charge in [-0.05, 0) is 16.7 Å². The highest BCUT2D eigenvalue weighted by Gasteiger charge is 2.43. The van der Waals surface area contributed by atoms with E-state index >= 15 is 0 Å². The van der Waals surface area contributed by atoms with Crippen LogP contribution in [-0.2, 0) is 20.9 Å². The van der Waals surface area contributed by atoms with Gasteiger partial charge in [0.2, 0.25) is 5.91 Å². The summed E-state index contributed by atoms with van der Waals surface area (Å²) in [6, 6.07) is 27.2. The fourth-order valence-electron chi connectivity index (χ4n) is 4.15. The summed E-state index contributed by atoms with van der Waals surface area (Å²) in [5.74, 6) is -1.70. The summed E-state index contributed by atoms with van der Waals surface area (Å²) in [4.78, 5) is 43.1. The van der Waals surface area contributed by atoms with Crippen LogP contribution in [0.25, 0.3) is 0 Å². The summed E-state index contributed by atoms with van der Waals surface area (Å²) in [7, 11) is 1.66. The van der Waals surface area contributed by atoms with Crippen LogP contribution in [0.3, 0.4) is 0 Å². The summed E-state index contributed by atoms with van der Waals surface area (Å²) in [5, 5.41) is 2.84. The summed E-state index contributed by atoms with van der Waals surface area (Å²) < 4.78 is 0. The number of likely N-dealkylation sites (N-methyl/N-ethyl adjacent to an activating group) is 1. The monoisotopic (exact) mass is 441 g/mol. The number of amides is 3. The number of hydrogen-bond donors (Lipinski definition) is 1. The van der Waals surface area contributed by atoms with E-state index in [1.165, 1.54) is 9.80 Å². The van der Waals surface area contributed by atoms with Gasteiger partial charge in [0.1, 0.15) is 0 Å². The molecule has 1 atom stereocenters. The molecule has 0 aromatic heterocycles. The van der Waals surface area contributed by atoms with Crippen molar-refractivity contribution < 1.29 is 14.4 Å². The lowest BCUT2D eigenvalue weighted by Crippen LogP contribution is -2.63. The maximum atomic E-state index is 13.9. The highest BCUT2D eigenvalue weighted by Crippen LogP contribution is 2.28. The van der Waals surface area contributed by atoms with E-state index in [4.69, 9.17) is 0 Å². The van der Waals surface area contributed by atoms with Crippen LogP contribution >= 0.6 is 0 Å². The number of piperazine rings is 1. The summed E-state index contributed by atoms with van der Waals surface area (Å²) in [5.41, 5.74) is 2.57. The van der Waals surface area contributed by atoms with E-state index in [1.54, 1.807) is 7.05 Å². The minimum atomic E-state index is -1.20. The predicted molar refractivity (Wildman–Crippen MR) is 126 cm³/mol. The second-order valence-electron chi connectivity index (χ2n) is 8.15. The lowest BCUT2D eigenvalue weighted by molar-refractivity contribution is -0.156. The topological polar surface area (TPSA) is 69.7 Å². The smallest absolute Gasteiger partial charge is 0.254 e. The first kappa shape index (κ1) is 22.3. The largest absolute Gasteiger partial charge is 0.350 e. The van der Waals surface area contributed by atoms with E-state index in [1.807, 2.05) is 91.0 Å². The van der Waals surface area contributed by atoms with Crippen molar-refractivity contribution in [2.45, 2.75) is 18.5 Å². The molecular weight excluding hydrogens is 414 g/mol. The van der Waals surface area contributed by atoms with Gasteiger partial charge in [0.05, 0.1) is 5.92 Å². The number of hydrogen-bond acceptors (Lipinski definition) is 3. The second-order valence-corrected chi connectivity index (χ2v) is 8.15. The normalized spacial score (nSPS) is 16.1. The Kier molecular flexibility index (Phi) is 6.83. The van der Waals surface area contributed by atoms with E-state index in [2.05, 4.69) is 5.32 Å². The van der Waals surface area contributed by atoms with E-state index in [9.17, 15) is 14.4 Å². The Hall–Kier alpha value is -3.93. The molecule has 1 fully saturated rings. The molecule has 0 aliphatic carbocycles. The molecule has 1 aliphatic rings. The Morgan fingerprint density at radius 2 is 1.36 bits per heavy atom. The zero-order chi connectivity index (χ0) is 23.2. The van der Waals surface area contributed by atoms with Crippen LogP contribution in [0, 0.1) is 0 Å². The van der Waals surface area contributed by atoms with Crippen LogP contribution in [0.15, 0.2) is 91.0 Å². The molecule has 3 amide bonds. The molecule has 3 aromatic carbocycles. The highest BCUT2D eigenvalue weighted by atomic mass is 16.2. The molecule has 6 heteroatoms. The average Bonchev–Trinajstić information content (AvgIpc) is 2.86. The molecule has 1 saturated heterocycles. The van der Waals surface area contributed by atoms with Gasteiger partial charge in [0.25, 0.3) is 11.8 Å². The van der Waals surface area contributed by atoms with E-state index in [-0.39, 0.29) is 18.4 Å². The zero-order valence-electron chi connectivity index (χ0n) is 18.6. The molecule has 0 spiro atoms. The molecule has 0 bridgehead atoms. The van der Waals surface area contributed by atoms with Crippen molar-refractivity contribution in [3.8, 4) is 0 Å². The van der Waals surface area contributed by atoms with Gasteiger partial charge in [-0.15, -0.1) is 0 Å². The average molecular weight is 442 g/mol. The molecule has 1 unspecified atom stereocenters. The SMILES string of the molecule is CN1CCN(C(=O)C(c2ccccc2)c2ccccc2)C(C(=O)NCc2ccccc2)C1=O. The fraction of sp³-hybridized carbons (Fsp3) is 0.222. The fourth-order valence-corrected chi connectivity index (χ4v) is 4.15. The van der Waals surface area contributed by atoms with Crippen molar-refractivity contribution in [3.05, 3.63) is 108 Å². The third-order valence-corrected chi connectivity index (χ3v) is 5.95. The molecule has 3 aromatic rings. The van der Waals surface area contributed by atoms with E-state index in [0.29, 0.717) is 13.1 Å². The van der Waals surface area contributed by atoms with Crippen molar-refractivity contribution in [3.63, 3.8) is 0 Å². The van der Waals surface area contributed by atoms with E-state index < -0.39 is 17.9 Å². The van der Waals surface area contributed by atoms with Crippen molar-refractivity contribution in [2.75, 3.05) is 20.1 Å². The molecule has 1 aliphatic heterocycles. The van der Waals surface area contributed by atoms with Crippen LogP contribution in [0.1, 0.15) is 22.6 Å². The summed E-state index contributed by atoms with van der Waals surface area (Å²) in [6.45, 7) is 0.958. The van der Waals surface area contributed by atoms with E-state index in [0.717, 1.165) is 16.7 Å². The van der Waals surface area contributed by atoms with Crippen molar-refractivity contribution in [2.24, 2.45) is 0 Å².